The van der Waals surface area contributed by atoms with Gasteiger partial charge in [0.15, 0.2) is 0 Å². The summed E-state index contributed by atoms with van der Waals surface area (Å²) in [5, 5.41) is 0. The van der Waals surface area contributed by atoms with Crippen molar-refractivity contribution in [2.45, 2.75) is 62.0 Å². The molecule has 0 aliphatic carbocycles. The van der Waals surface area contributed by atoms with E-state index in [9.17, 15) is 52.9 Å². The van der Waals surface area contributed by atoms with Gasteiger partial charge >= 0.3 is 37.5 Å². The highest BCUT2D eigenvalue weighted by molar-refractivity contribution is 7.51. The van der Waals surface area contributed by atoms with E-state index in [4.69, 9.17) is 9.79 Å². The molecule has 0 aliphatic rings. The lowest BCUT2D eigenvalue weighted by atomic mass is 9.94. The summed E-state index contributed by atoms with van der Waals surface area (Å²) in [6, 6.07) is 0. The molecule has 0 aromatic rings. The van der Waals surface area contributed by atoms with Crippen molar-refractivity contribution in [3.05, 3.63) is 0 Å². The van der Waals surface area contributed by atoms with Crippen LogP contribution >= 0.6 is 7.60 Å². The van der Waals surface area contributed by atoms with Crippen LogP contribution in [0.5, 0.6) is 0 Å². The van der Waals surface area contributed by atoms with Gasteiger partial charge in [-0.2, -0.15) is 48.3 Å². The molecule has 0 radical (unpaired) electrons. The first-order valence-corrected chi connectivity index (χ1v) is 8.63. The summed E-state index contributed by atoms with van der Waals surface area (Å²) in [5.41, 5.74) is 0. The molecule has 0 saturated carbocycles. The third-order valence-electron chi connectivity index (χ3n) is 3.29. The lowest BCUT2D eigenvalue weighted by Crippen LogP contribution is -2.66. The standard InChI is InChI=1S/C11H14F11O3P/c12-7(13,5-3-1-2-4-6-26(23,24)25)8(14,15)9(16,17)10(18,19)11(20,21)22/h1-6H2,(H2,23,24,25). The first-order chi connectivity index (χ1) is 11.2. The van der Waals surface area contributed by atoms with E-state index in [-0.39, 0.29) is 12.8 Å². The molecule has 2 N–H and O–H groups in total. The molecular formula is C11H14F11O3P. The second-order valence-corrected chi connectivity index (χ2v) is 7.25. The molecule has 15 heteroatoms. The van der Waals surface area contributed by atoms with Gasteiger partial charge in [-0.05, 0) is 12.8 Å². The molecule has 0 amide bonds. The number of halogens is 11. The van der Waals surface area contributed by atoms with E-state index in [2.05, 4.69) is 0 Å². The zero-order valence-electron chi connectivity index (χ0n) is 12.7. The lowest BCUT2D eigenvalue weighted by Gasteiger charge is -2.37. The maximum Gasteiger partial charge on any atom is 0.460 e. The van der Waals surface area contributed by atoms with E-state index in [1.54, 1.807) is 0 Å². The summed E-state index contributed by atoms with van der Waals surface area (Å²) in [6.07, 6.45) is -11.8. The number of alkyl halides is 11. The lowest BCUT2D eigenvalue weighted by molar-refractivity contribution is -0.422. The fraction of sp³-hybridized carbons (Fsp3) is 1.00. The summed E-state index contributed by atoms with van der Waals surface area (Å²) >= 11 is 0. The second-order valence-electron chi connectivity index (χ2n) is 5.48. The van der Waals surface area contributed by atoms with Gasteiger partial charge in [-0.15, -0.1) is 0 Å². The van der Waals surface area contributed by atoms with Crippen molar-refractivity contribution < 1.29 is 62.6 Å². The highest BCUT2D eigenvalue weighted by atomic mass is 31.2. The van der Waals surface area contributed by atoms with E-state index in [1.807, 2.05) is 0 Å². The Labute approximate surface area is 139 Å². The number of rotatable bonds is 10. The zero-order valence-corrected chi connectivity index (χ0v) is 13.5. The molecule has 0 atom stereocenters. The van der Waals surface area contributed by atoms with Crippen LogP contribution in [0.15, 0.2) is 0 Å². The molecule has 0 bridgehead atoms. The van der Waals surface area contributed by atoms with E-state index >= 15 is 0 Å². The Hall–Kier alpha value is -0.620. The predicted octanol–water partition coefficient (Wildman–Crippen LogP) is 5.22. The van der Waals surface area contributed by atoms with E-state index in [0.717, 1.165) is 0 Å². The monoisotopic (exact) mass is 434 g/mol. The van der Waals surface area contributed by atoms with E-state index < -0.39 is 62.9 Å². The van der Waals surface area contributed by atoms with Crippen LogP contribution in [0.4, 0.5) is 48.3 Å². The van der Waals surface area contributed by atoms with Gasteiger partial charge in [0.25, 0.3) is 0 Å². The molecule has 0 aromatic carbocycles. The highest BCUT2D eigenvalue weighted by Gasteiger charge is 2.86. The molecule has 0 unspecified atom stereocenters. The van der Waals surface area contributed by atoms with Gasteiger partial charge in [0.05, 0.1) is 0 Å². The minimum atomic E-state index is -7.40. The van der Waals surface area contributed by atoms with Gasteiger partial charge in [-0.3, -0.25) is 4.57 Å². The van der Waals surface area contributed by atoms with Crippen LogP contribution in [0.1, 0.15) is 32.1 Å². The molecule has 0 heterocycles. The number of unbranched alkanes of at least 4 members (excludes halogenated alkanes) is 3. The third-order valence-corrected chi connectivity index (χ3v) is 4.19. The summed E-state index contributed by atoms with van der Waals surface area (Å²) < 4.78 is 150. The minimum absolute atomic E-state index is 0.193. The predicted molar refractivity (Wildman–Crippen MR) is 65.8 cm³/mol. The molecule has 26 heavy (non-hydrogen) atoms. The SMILES string of the molecule is O=P(O)(O)CCCCCCC(F)(F)C(F)(F)C(F)(F)C(F)(F)C(F)(F)F. The molecule has 0 spiro atoms. The van der Waals surface area contributed by atoms with Crippen molar-refractivity contribution in [3.63, 3.8) is 0 Å². The third kappa shape index (κ3) is 5.44. The van der Waals surface area contributed by atoms with Crippen LogP contribution in [0.25, 0.3) is 0 Å². The molecule has 0 aromatic heterocycles. The smallest absolute Gasteiger partial charge is 0.324 e. The van der Waals surface area contributed by atoms with Crippen molar-refractivity contribution in [3.8, 4) is 0 Å². The molecular weight excluding hydrogens is 420 g/mol. The largest absolute Gasteiger partial charge is 0.460 e. The first kappa shape index (κ1) is 25.4. The van der Waals surface area contributed by atoms with Crippen LogP contribution < -0.4 is 0 Å². The molecule has 0 rings (SSSR count). The minimum Gasteiger partial charge on any atom is -0.324 e. The number of hydrogen-bond acceptors (Lipinski definition) is 1. The maximum absolute atomic E-state index is 13.3. The topological polar surface area (TPSA) is 57.5 Å². The van der Waals surface area contributed by atoms with Crippen molar-refractivity contribution in [1.82, 2.24) is 0 Å². The van der Waals surface area contributed by atoms with Crippen molar-refractivity contribution in [2.24, 2.45) is 0 Å². The Morgan fingerprint density at radius 2 is 1.04 bits per heavy atom. The van der Waals surface area contributed by atoms with Gasteiger partial charge in [-0.1, -0.05) is 12.8 Å². The van der Waals surface area contributed by atoms with Crippen LogP contribution in [0.2, 0.25) is 0 Å². The molecule has 0 fully saturated rings. The Morgan fingerprint density at radius 1 is 0.615 bits per heavy atom. The summed E-state index contributed by atoms with van der Waals surface area (Å²) in [7, 11) is -4.39. The average molecular weight is 434 g/mol. The Morgan fingerprint density at radius 3 is 1.42 bits per heavy atom. The van der Waals surface area contributed by atoms with E-state index in [1.165, 1.54) is 0 Å². The van der Waals surface area contributed by atoms with Crippen LogP contribution in [0, 0.1) is 0 Å². The normalized spacial score (nSPS) is 15.4. The first-order valence-electron chi connectivity index (χ1n) is 6.83. The van der Waals surface area contributed by atoms with Crippen LogP contribution in [-0.2, 0) is 4.57 Å². The molecule has 3 nitrogen and oxygen atoms in total. The average Bonchev–Trinajstić information content (AvgIpc) is 2.39. The van der Waals surface area contributed by atoms with Gasteiger partial charge < -0.3 is 9.79 Å². The van der Waals surface area contributed by atoms with Crippen molar-refractivity contribution >= 4 is 7.60 Å². The fourth-order valence-corrected chi connectivity index (χ4v) is 2.42. The summed E-state index contributed by atoms with van der Waals surface area (Å²) in [4.78, 5) is 17.0. The molecule has 158 valence electrons. The fourth-order valence-electron chi connectivity index (χ4n) is 1.78. The maximum atomic E-state index is 13.3. The van der Waals surface area contributed by atoms with Crippen molar-refractivity contribution in [1.29, 1.82) is 0 Å². The van der Waals surface area contributed by atoms with Gasteiger partial charge in [0.1, 0.15) is 0 Å². The highest BCUT2D eigenvalue weighted by Crippen LogP contribution is 2.58. The van der Waals surface area contributed by atoms with Gasteiger partial charge in [-0.25, -0.2) is 0 Å². The quantitative estimate of drug-likeness (QED) is 0.282. The molecule has 0 aliphatic heterocycles. The van der Waals surface area contributed by atoms with Gasteiger partial charge in [0, 0.05) is 12.6 Å². The van der Waals surface area contributed by atoms with Crippen LogP contribution in [0.3, 0.4) is 0 Å². The summed E-state index contributed by atoms with van der Waals surface area (Å²) in [6.45, 7) is 0. The summed E-state index contributed by atoms with van der Waals surface area (Å²) in [5.74, 6) is -27.7. The zero-order chi connectivity index (χ0) is 21.2. The van der Waals surface area contributed by atoms with Crippen LogP contribution in [-0.4, -0.2) is 45.8 Å². The Kier molecular flexibility index (Phi) is 7.60. The second kappa shape index (κ2) is 7.78. The van der Waals surface area contributed by atoms with E-state index in [0.29, 0.717) is 0 Å². The Balaban J connectivity index is 5.01. The van der Waals surface area contributed by atoms with Gasteiger partial charge in [0.2, 0.25) is 0 Å². The molecule has 0 saturated heterocycles. The van der Waals surface area contributed by atoms with Crippen molar-refractivity contribution in [2.75, 3.05) is 6.16 Å². The Bertz CT molecular complexity index is 512. The number of hydrogen-bond donors (Lipinski definition) is 2.